The maximum Gasteiger partial charge on any atom is 0.162 e. The van der Waals surface area contributed by atoms with Crippen molar-refractivity contribution in [3.05, 3.63) is 40.2 Å². The van der Waals surface area contributed by atoms with Crippen molar-refractivity contribution in [3.63, 3.8) is 0 Å². The molecule has 3 heteroatoms. The van der Waals surface area contributed by atoms with Gasteiger partial charge in [-0.25, -0.2) is 4.98 Å². The van der Waals surface area contributed by atoms with Crippen molar-refractivity contribution >= 4 is 0 Å². The van der Waals surface area contributed by atoms with E-state index >= 15 is 0 Å². The first kappa shape index (κ1) is 12.4. The predicted octanol–water partition coefficient (Wildman–Crippen LogP) is 3.19. The molecule has 2 rings (SSSR count). The molecule has 0 saturated heterocycles. The van der Waals surface area contributed by atoms with Crippen molar-refractivity contribution in [2.45, 2.75) is 27.7 Å². The molecule has 0 radical (unpaired) electrons. The van der Waals surface area contributed by atoms with Gasteiger partial charge in [0, 0.05) is 12.6 Å². The second-order valence-electron chi connectivity index (χ2n) is 4.81. The van der Waals surface area contributed by atoms with Gasteiger partial charge in [-0.3, -0.25) is 0 Å². The van der Waals surface area contributed by atoms with Crippen molar-refractivity contribution < 1.29 is 0 Å². The highest BCUT2D eigenvalue weighted by atomic mass is 15.1. The summed E-state index contributed by atoms with van der Waals surface area (Å²) in [6.45, 7) is 8.19. The molecule has 1 aromatic carbocycles. The summed E-state index contributed by atoms with van der Waals surface area (Å²) in [6, 6.07) is 6.45. The van der Waals surface area contributed by atoms with Crippen molar-refractivity contribution in [2.75, 3.05) is 0 Å². The molecule has 0 atom stereocenters. The van der Waals surface area contributed by atoms with Gasteiger partial charge in [-0.2, -0.15) is 5.26 Å². The molecule has 2 aromatic rings. The molecule has 0 amide bonds. The van der Waals surface area contributed by atoms with Crippen LogP contribution >= 0.6 is 0 Å². The largest absolute Gasteiger partial charge is 0.330 e. The summed E-state index contributed by atoms with van der Waals surface area (Å²) in [5.74, 6) is 0.874. The Hall–Kier alpha value is -2.08. The van der Waals surface area contributed by atoms with Gasteiger partial charge in [0.05, 0.1) is 5.69 Å². The van der Waals surface area contributed by atoms with Gasteiger partial charge in [0.25, 0.3) is 0 Å². The third kappa shape index (κ3) is 1.80. The average Bonchev–Trinajstić information content (AvgIpc) is 2.56. The summed E-state index contributed by atoms with van der Waals surface area (Å²) in [7, 11) is 1.96. The van der Waals surface area contributed by atoms with Crippen LogP contribution in [0.4, 0.5) is 0 Å². The summed E-state index contributed by atoms with van der Waals surface area (Å²) in [4.78, 5) is 4.45. The van der Waals surface area contributed by atoms with Crippen LogP contribution in [0.15, 0.2) is 12.1 Å². The molecular weight excluding hydrogens is 222 g/mol. The third-order valence-electron chi connectivity index (χ3n) is 3.39. The van der Waals surface area contributed by atoms with E-state index in [0.29, 0.717) is 5.69 Å². The second-order valence-corrected chi connectivity index (χ2v) is 4.81. The molecule has 18 heavy (non-hydrogen) atoms. The number of hydrogen-bond acceptors (Lipinski definition) is 2. The van der Waals surface area contributed by atoms with Crippen molar-refractivity contribution in [2.24, 2.45) is 7.05 Å². The molecule has 0 bridgehead atoms. The zero-order chi connectivity index (χ0) is 13.4. The maximum absolute atomic E-state index is 9.06. The fourth-order valence-corrected chi connectivity index (χ4v) is 2.44. The Balaban J connectivity index is 2.75. The van der Waals surface area contributed by atoms with Crippen molar-refractivity contribution in [1.29, 1.82) is 5.26 Å². The van der Waals surface area contributed by atoms with Crippen molar-refractivity contribution in [1.82, 2.24) is 9.55 Å². The summed E-state index contributed by atoms with van der Waals surface area (Å²) in [6.07, 6.45) is 0. The number of nitriles is 1. The Bertz CT molecular complexity index is 634. The Morgan fingerprint density at radius 1 is 1.11 bits per heavy atom. The molecule has 0 fully saturated rings. The number of aromatic nitrogens is 2. The van der Waals surface area contributed by atoms with Crippen LogP contribution in [0.25, 0.3) is 11.4 Å². The van der Waals surface area contributed by atoms with Gasteiger partial charge < -0.3 is 4.57 Å². The molecule has 0 N–H and O–H groups in total. The third-order valence-corrected chi connectivity index (χ3v) is 3.39. The van der Waals surface area contributed by atoms with E-state index in [-0.39, 0.29) is 0 Å². The normalized spacial score (nSPS) is 10.4. The molecule has 3 nitrogen and oxygen atoms in total. The minimum absolute atomic E-state index is 0.506. The summed E-state index contributed by atoms with van der Waals surface area (Å²) >= 11 is 0. The van der Waals surface area contributed by atoms with E-state index in [1.807, 2.05) is 18.5 Å². The quantitative estimate of drug-likeness (QED) is 0.767. The van der Waals surface area contributed by atoms with E-state index < -0.39 is 0 Å². The zero-order valence-corrected chi connectivity index (χ0v) is 11.5. The maximum atomic E-state index is 9.06. The monoisotopic (exact) mass is 239 g/mol. The second kappa shape index (κ2) is 4.30. The van der Waals surface area contributed by atoms with Crippen LogP contribution < -0.4 is 0 Å². The SMILES string of the molecule is Cc1cc(C)c(-c2nc(C#N)c(C)n2C)c(C)c1. The summed E-state index contributed by atoms with van der Waals surface area (Å²) < 4.78 is 1.99. The highest BCUT2D eigenvalue weighted by Gasteiger charge is 2.16. The van der Waals surface area contributed by atoms with E-state index in [1.165, 1.54) is 16.7 Å². The van der Waals surface area contributed by atoms with Gasteiger partial charge >= 0.3 is 0 Å². The number of aryl methyl sites for hydroxylation is 3. The van der Waals surface area contributed by atoms with Crippen LogP contribution in [-0.4, -0.2) is 9.55 Å². The predicted molar refractivity (Wildman–Crippen MR) is 72.3 cm³/mol. The minimum atomic E-state index is 0.506. The standard InChI is InChI=1S/C15H17N3/c1-9-6-10(2)14(11(3)7-9)15-17-13(8-16)12(4)18(15)5/h6-7H,1-5H3. The van der Waals surface area contributed by atoms with Gasteiger partial charge in [0.2, 0.25) is 0 Å². The average molecular weight is 239 g/mol. The summed E-state index contributed by atoms with van der Waals surface area (Å²) in [5, 5.41) is 9.06. The number of hydrogen-bond donors (Lipinski definition) is 0. The molecule has 0 aliphatic carbocycles. The molecule has 1 aromatic heterocycles. The lowest BCUT2D eigenvalue weighted by Crippen LogP contribution is -1.99. The van der Waals surface area contributed by atoms with Crippen LogP contribution in [0.1, 0.15) is 28.1 Å². The Labute approximate surface area is 108 Å². The van der Waals surface area contributed by atoms with Crippen LogP contribution in [0, 0.1) is 39.0 Å². The lowest BCUT2D eigenvalue weighted by molar-refractivity contribution is 0.880. The van der Waals surface area contributed by atoms with E-state index in [0.717, 1.165) is 17.1 Å². The first-order valence-corrected chi connectivity index (χ1v) is 5.97. The van der Waals surface area contributed by atoms with E-state index in [2.05, 4.69) is 44.0 Å². The minimum Gasteiger partial charge on any atom is -0.330 e. The van der Waals surface area contributed by atoms with Gasteiger partial charge in [0.1, 0.15) is 11.9 Å². The highest BCUT2D eigenvalue weighted by molar-refractivity contribution is 5.67. The van der Waals surface area contributed by atoms with Crippen LogP contribution in [-0.2, 0) is 7.05 Å². The molecule has 92 valence electrons. The number of rotatable bonds is 1. The summed E-state index contributed by atoms with van der Waals surface area (Å²) in [5.41, 5.74) is 6.20. The van der Waals surface area contributed by atoms with Gasteiger partial charge in [-0.05, 0) is 38.8 Å². The molecular formula is C15H17N3. The van der Waals surface area contributed by atoms with Crippen LogP contribution in [0.5, 0.6) is 0 Å². The number of benzene rings is 1. The smallest absolute Gasteiger partial charge is 0.162 e. The Morgan fingerprint density at radius 2 is 1.67 bits per heavy atom. The van der Waals surface area contributed by atoms with Gasteiger partial charge in [-0.15, -0.1) is 0 Å². The molecule has 0 saturated carbocycles. The zero-order valence-electron chi connectivity index (χ0n) is 11.5. The Kier molecular flexibility index (Phi) is 2.96. The van der Waals surface area contributed by atoms with E-state index in [1.54, 1.807) is 0 Å². The van der Waals surface area contributed by atoms with Crippen molar-refractivity contribution in [3.8, 4) is 17.5 Å². The number of nitrogens with zero attached hydrogens (tertiary/aromatic N) is 3. The Morgan fingerprint density at radius 3 is 2.11 bits per heavy atom. The fraction of sp³-hybridized carbons (Fsp3) is 0.333. The highest BCUT2D eigenvalue weighted by Crippen LogP contribution is 2.28. The molecule has 0 aliphatic heterocycles. The molecule has 0 spiro atoms. The lowest BCUT2D eigenvalue weighted by atomic mass is 9.99. The molecule has 0 unspecified atom stereocenters. The van der Waals surface area contributed by atoms with Crippen LogP contribution in [0.3, 0.4) is 0 Å². The molecule has 1 heterocycles. The van der Waals surface area contributed by atoms with Gasteiger partial charge in [-0.1, -0.05) is 17.7 Å². The lowest BCUT2D eigenvalue weighted by Gasteiger charge is -2.11. The van der Waals surface area contributed by atoms with Gasteiger partial charge in [0.15, 0.2) is 5.69 Å². The topological polar surface area (TPSA) is 41.6 Å². The van der Waals surface area contributed by atoms with E-state index in [9.17, 15) is 0 Å². The van der Waals surface area contributed by atoms with Crippen LogP contribution in [0.2, 0.25) is 0 Å². The first-order chi connectivity index (χ1) is 8.45. The first-order valence-electron chi connectivity index (χ1n) is 5.97. The van der Waals surface area contributed by atoms with E-state index in [4.69, 9.17) is 5.26 Å². The fourth-order valence-electron chi connectivity index (χ4n) is 2.44. The molecule has 0 aliphatic rings. The number of imidazole rings is 1.